The minimum Gasteiger partial charge on any atom is -0.441 e. The summed E-state index contributed by atoms with van der Waals surface area (Å²) >= 11 is 0. The first-order chi connectivity index (χ1) is 14.7. The van der Waals surface area contributed by atoms with Gasteiger partial charge < -0.3 is 14.6 Å². The van der Waals surface area contributed by atoms with Gasteiger partial charge >= 0.3 is 0 Å². The summed E-state index contributed by atoms with van der Waals surface area (Å²) in [5, 5.41) is 2.77. The normalized spacial score (nSPS) is 11.5. The van der Waals surface area contributed by atoms with Crippen LogP contribution in [0.1, 0.15) is 11.5 Å². The third-order valence-corrected chi connectivity index (χ3v) is 5.68. The molecule has 1 amide bonds. The van der Waals surface area contributed by atoms with E-state index in [2.05, 4.69) is 15.0 Å². The fraction of sp³-hybridized carbons (Fsp3) is 0.238. The van der Waals surface area contributed by atoms with Crippen molar-refractivity contribution in [1.29, 1.82) is 0 Å². The number of aryl methyl sites for hydroxylation is 1. The minimum absolute atomic E-state index is 0.155. The largest absolute Gasteiger partial charge is 0.441 e. The molecule has 0 aliphatic heterocycles. The van der Waals surface area contributed by atoms with Gasteiger partial charge in [-0.1, -0.05) is 18.2 Å². The van der Waals surface area contributed by atoms with Gasteiger partial charge in [0.25, 0.3) is 10.0 Å². The number of sulfonamides is 1. The van der Waals surface area contributed by atoms with Gasteiger partial charge in [-0.3, -0.25) is 9.52 Å². The van der Waals surface area contributed by atoms with Crippen LogP contribution in [0.3, 0.4) is 0 Å². The molecule has 8 nitrogen and oxygen atoms in total. The van der Waals surface area contributed by atoms with E-state index in [4.69, 9.17) is 4.42 Å². The van der Waals surface area contributed by atoms with Gasteiger partial charge in [-0.25, -0.2) is 17.8 Å². The number of hydrogen-bond donors (Lipinski definition) is 2. The van der Waals surface area contributed by atoms with Crippen molar-refractivity contribution >= 4 is 21.6 Å². The minimum atomic E-state index is -4.02. The Morgan fingerprint density at radius 3 is 2.61 bits per heavy atom. The van der Waals surface area contributed by atoms with Crippen LogP contribution < -0.4 is 10.0 Å². The maximum Gasteiger partial charge on any atom is 0.262 e. The van der Waals surface area contributed by atoms with Gasteiger partial charge in [0.15, 0.2) is 0 Å². The number of para-hydroxylation sites is 1. The summed E-state index contributed by atoms with van der Waals surface area (Å²) in [5.41, 5.74) is 1.18. The fourth-order valence-corrected chi connectivity index (χ4v) is 3.94. The van der Waals surface area contributed by atoms with Gasteiger partial charge in [0.2, 0.25) is 11.8 Å². The second-order valence-electron chi connectivity index (χ2n) is 7.14. The van der Waals surface area contributed by atoms with Gasteiger partial charge in [0.1, 0.15) is 17.3 Å². The second kappa shape index (κ2) is 9.27. The van der Waals surface area contributed by atoms with E-state index in [0.29, 0.717) is 17.0 Å². The first kappa shape index (κ1) is 22.4. The number of likely N-dealkylation sites (N-methyl/N-ethyl adjacent to an activating group) is 1. The number of oxazole rings is 1. The molecule has 1 heterocycles. The Bertz CT molecular complexity index is 1190. The van der Waals surface area contributed by atoms with Crippen LogP contribution in [0.4, 0.5) is 10.1 Å². The average Bonchev–Trinajstić information content (AvgIpc) is 3.06. The van der Waals surface area contributed by atoms with Gasteiger partial charge in [0.05, 0.1) is 29.2 Å². The summed E-state index contributed by atoms with van der Waals surface area (Å²) in [6.45, 7) is 2.14. The SMILES string of the molecule is Cc1oc(-c2ccccc2NS(=O)(=O)c2cccc(F)c2)nc1CNC(=O)CN(C)C. The highest BCUT2D eigenvalue weighted by Gasteiger charge is 2.20. The van der Waals surface area contributed by atoms with E-state index in [1.54, 1.807) is 50.2 Å². The molecule has 0 saturated heterocycles. The van der Waals surface area contributed by atoms with Gasteiger partial charge in [-0.15, -0.1) is 0 Å². The maximum absolute atomic E-state index is 13.5. The molecule has 1 aromatic heterocycles. The summed E-state index contributed by atoms with van der Waals surface area (Å²) < 4.78 is 47.1. The number of hydrogen-bond acceptors (Lipinski definition) is 6. The van der Waals surface area contributed by atoms with Crippen LogP contribution in [0, 0.1) is 12.7 Å². The first-order valence-electron chi connectivity index (χ1n) is 9.41. The average molecular weight is 447 g/mol. The monoisotopic (exact) mass is 446 g/mol. The number of amides is 1. The molecule has 0 aliphatic rings. The van der Waals surface area contributed by atoms with E-state index in [1.165, 1.54) is 18.2 Å². The van der Waals surface area contributed by atoms with Gasteiger partial charge in [-0.2, -0.15) is 0 Å². The molecule has 0 aliphatic carbocycles. The van der Waals surface area contributed by atoms with E-state index < -0.39 is 15.8 Å². The molecular formula is C21H23FN4O4S. The van der Waals surface area contributed by atoms with Crippen LogP contribution in [0.2, 0.25) is 0 Å². The number of carbonyl (C=O) groups excluding carboxylic acids is 1. The van der Waals surface area contributed by atoms with E-state index in [-0.39, 0.29) is 35.5 Å². The van der Waals surface area contributed by atoms with Crippen molar-refractivity contribution in [3.8, 4) is 11.5 Å². The molecule has 0 bridgehead atoms. The molecule has 10 heteroatoms. The van der Waals surface area contributed by atoms with Crippen molar-refractivity contribution in [3.05, 3.63) is 65.8 Å². The van der Waals surface area contributed by atoms with Gasteiger partial charge in [0, 0.05) is 0 Å². The maximum atomic E-state index is 13.5. The zero-order valence-corrected chi connectivity index (χ0v) is 18.2. The lowest BCUT2D eigenvalue weighted by molar-refractivity contribution is -0.121. The predicted octanol–water partition coefficient (Wildman–Crippen LogP) is 2.77. The van der Waals surface area contributed by atoms with Crippen molar-refractivity contribution in [2.24, 2.45) is 0 Å². The van der Waals surface area contributed by atoms with Crippen molar-refractivity contribution in [2.45, 2.75) is 18.4 Å². The van der Waals surface area contributed by atoms with Crippen molar-refractivity contribution in [1.82, 2.24) is 15.2 Å². The predicted molar refractivity (Wildman–Crippen MR) is 114 cm³/mol. The zero-order chi connectivity index (χ0) is 22.6. The molecular weight excluding hydrogens is 423 g/mol. The molecule has 3 rings (SSSR count). The number of benzene rings is 2. The quantitative estimate of drug-likeness (QED) is 0.551. The van der Waals surface area contributed by atoms with Gasteiger partial charge in [-0.05, 0) is 51.4 Å². The zero-order valence-electron chi connectivity index (χ0n) is 17.3. The highest BCUT2D eigenvalue weighted by molar-refractivity contribution is 7.92. The highest BCUT2D eigenvalue weighted by atomic mass is 32.2. The number of nitrogens with zero attached hydrogens (tertiary/aromatic N) is 2. The summed E-state index contributed by atoms with van der Waals surface area (Å²) in [4.78, 5) is 17.8. The molecule has 164 valence electrons. The number of aromatic nitrogens is 1. The lowest BCUT2D eigenvalue weighted by atomic mass is 10.2. The second-order valence-corrected chi connectivity index (χ2v) is 8.83. The Morgan fingerprint density at radius 2 is 1.90 bits per heavy atom. The molecule has 3 aromatic rings. The number of halogens is 1. The molecule has 2 aromatic carbocycles. The van der Waals surface area contributed by atoms with E-state index >= 15 is 0 Å². The topological polar surface area (TPSA) is 105 Å². The van der Waals surface area contributed by atoms with Crippen molar-refractivity contribution < 1.29 is 22.0 Å². The molecule has 0 unspecified atom stereocenters. The van der Waals surface area contributed by atoms with Crippen molar-refractivity contribution in [2.75, 3.05) is 25.4 Å². The summed E-state index contributed by atoms with van der Waals surface area (Å²) in [6, 6.07) is 11.3. The van der Waals surface area contributed by atoms with Crippen LogP contribution >= 0.6 is 0 Å². The van der Waals surface area contributed by atoms with E-state index in [1.807, 2.05) is 0 Å². The number of rotatable bonds is 8. The summed E-state index contributed by atoms with van der Waals surface area (Å²) in [7, 11) is -0.439. The fourth-order valence-electron chi connectivity index (χ4n) is 2.83. The Hall–Kier alpha value is -3.24. The van der Waals surface area contributed by atoms with Crippen LogP contribution in [0.15, 0.2) is 57.8 Å². The Labute approximate surface area is 180 Å². The molecule has 2 N–H and O–H groups in total. The lowest BCUT2D eigenvalue weighted by Gasteiger charge is -2.11. The highest BCUT2D eigenvalue weighted by Crippen LogP contribution is 2.30. The molecule has 0 fully saturated rings. The first-order valence-corrected chi connectivity index (χ1v) is 10.9. The van der Waals surface area contributed by atoms with Crippen LogP contribution in [0.25, 0.3) is 11.5 Å². The number of carbonyl (C=O) groups is 1. The third-order valence-electron chi connectivity index (χ3n) is 4.31. The lowest BCUT2D eigenvalue weighted by Crippen LogP contribution is -2.33. The van der Waals surface area contributed by atoms with E-state index in [0.717, 1.165) is 6.07 Å². The Kier molecular flexibility index (Phi) is 6.71. The van der Waals surface area contributed by atoms with Crippen molar-refractivity contribution in [3.63, 3.8) is 0 Å². The molecule has 0 atom stereocenters. The third kappa shape index (κ3) is 5.68. The summed E-state index contributed by atoms with van der Waals surface area (Å²) in [6.07, 6.45) is 0. The number of nitrogens with one attached hydrogen (secondary N) is 2. The summed E-state index contributed by atoms with van der Waals surface area (Å²) in [5.74, 6) is -0.104. The van der Waals surface area contributed by atoms with Crippen LogP contribution in [0.5, 0.6) is 0 Å². The molecule has 0 spiro atoms. The smallest absolute Gasteiger partial charge is 0.262 e. The standard InChI is InChI=1S/C21H23FN4O4S/c1-14-19(12-23-20(27)13-26(2)3)24-21(30-14)17-9-4-5-10-18(17)25-31(28,29)16-8-6-7-15(22)11-16/h4-11,25H,12-13H2,1-3H3,(H,23,27). The molecule has 0 saturated carbocycles. The number of anilines is 1. The van der Waals surface area contributed by atoms with E-state index in [9.17, 15) is 17.6 Å². The Morgan fingerprint density at radius 1 is 1.16 bits per heavy atom. The van der Waals surface area contributed by atoms with Crippen LogP contribution in [-0.4, -0.2) is 44.8 Å². The molecule has 0 radical (unpaired) electrons. The molecule has 31 heavy (non-hydrogen) atoms. The van der Waals surface area contributed by atoms with Crippen LogP contribution in [-0.2, 0) is 21.4 Å². The Balaban J connectivity index is 1.85.